The summed E-state index contributed by atoms with van der Waals surface area (Å²) in [5, 5.41) is 25.9. The Labute approximate surface area is 191 Å². The molecule has 9 N–H and O–H groups in total. The number of thioether (sulfide) groups is 1. The molecular formula is C19H35N5O7S. The molecule has 0 spiro atoms. The quantitative estimate of drug-likeness (QED) is 0.137. The van der Waals surface area contributed by atoms with Crippen LogP contribution in [0.5, 0.6) is 0 Å². The molecule has 0 aromatic heterocycles. The van der Waals surface area contributed by atoms with Gasteiger partial charge in [0.15, 0.2) is 0 Å². The van der Waals surface area contributed by atoms with E-state index in [0.29, 0.717) is 5.75 Å². The van der Waals surface area contributed by atoms with Gasteiger partial charge in [0.25, 0.3) is 0 Å². The molecule has 13 heteroatoms. The molecule has 0 aromatic carbocycles. The Balaban J connectivity index is 5.49. The van der Waals surface area contributed by atoms with Crippen LogP contribution in [-0.2, 0) is 24.0 Å². The van der Waals surface area contributed by atoms with Gasteiger partial charge in [-0.2, -0.15) is 11.8 Å². The fourth-order valence-corrected chi connectivity index (χ4v) is 3.11. The Hall–Kier alpha value is -2.38. The zero-order valence-corrected chi connectivity index (χ0v) is 19.6. The summed E-state index contributed by atoms with van der Waals surface area (Å²) < 4.78 is 0. The van der Waals surface area contributed by atoms with Crippen molar-refractivity contribution in [1.82, 2.24) is 16.0 Å². The zero-order valence-electron chi connectivity index (χ0n) is 18.8. The van der Waals surface area contributed by atoms with Crippen molar-refractivity contribution in [3.05, 3.63) is 0 Å². The minimum absolute atomic E-state index is 0.0415. The highest BCUT2D eigenvalue weighted by atomic mass is 32.2. The summed E-state index contributed by atoms with van der Waals surface area (Å²) in [6.45, 7) is 4.93. The Bertz CT molecular complexity index is 674. The summed E-state index contributed by atoms with van der Waals surface area (Å²) in [7, 11) is 0. The number of primary amides is 1. The lowest BCUT2D eigenvalue weighted by atomic mass is 10.0. The second kappa shape index (κ2) is 14.6. The van der Waals surface area contributed by atoms with E-state index < -0.39 is 66.3 Å². The van der Waals surface area contributed by atoms with Crippen molar-refractivity contribution in [1.29, 1.82) is 0 Å². The van der Waals surface area contributed by atoms with Gasteiger partial charge in [-0.3, -0.25) is 19.2 Å². The highest BCUT2D eigenvalue weighted by Crippen LogP contribution is 2.08. The molecule has 12 nitrogen and oxygen atoms in total. The van der Waals surface area contributed by atoms with Gasteiger partial charge in [0.1, 0.15) is 24.2 Å². The summed E-state index contributed by atoms with van der Waals surface area (Å²) in [6.07, 6.45) is 0.384. The second-order valence-electron chi connectivity index (χ2n) is 7.87. The molecule has 0 rings (SSSR count). The molecule has 4 amide bonds. The molecule has 5 atom stereocenters. The predicted molar refractivity (Wildman–Crippen MR) is 119 cm³/mol. The first-order valence-electron chi connectivity index (χ1n) is 10.1. The zero-order chi connectivity index (χ0) is 25.0. The summed E-state index contributed by atoms with van der Waals surface area (Å²) >= 11 is 1.40. The van der Waals surface area contributed by atoms with E-state index in [4.69, 9.17) is 11.5 Å². The number of carboxylic acids is 1. The minimum Gasteiger partial charge on any atom is -0.480 e. The van der Waals surface area contributed by atoms with Crippen LogP contribution in [0.4, 0.5) is 0 Å². The molecule has 0 aliphatic heterocycles. The molecule has 0 aromatic rings. The monoisotopic (exact) mass is 477 g/mol. The van der Waals surface area contributed by atoms with E-state index in [0.717, 1.165) is 0 Å². The largest absolute Gasteiger partial charge is 0.480 e. The number of carbonyl (C=O) groups is 5. The number of aliphatic carboxylic acids is 1. The fourth-order valence-electron chi connectivity index (χ4n) is 2.64. The molecule has 0 heterocycles. The number of hydrogen-bond acceptors (Lipinski definition) is 8. The molecule has 5 unspecified atom stereocenters. The Morgan fingerprint density at radius 3 is 1.84 bits per heavy atom. The van der Waals surface area contributed by atoms with Gasteiger partial charge >= 0.3 is 5.97 Å². The van der Waals surface area contributed by atoms with E-state index in [2.05, 4.69) is 16.0 Å². The number of aliphatic hydroxyl groups is 1. The van der Waals surface area contributed by atoms with Crippen molar-refractivity contribution in [3.8, 4) is 0 Å². The standard InChI is InChI=1S/C19H35N5O7S/c1-9(2)7-12(24-18(29)15(21)10(3)25)16(27)23-13(8-14(20)26)17(28)22-11(19(30)31)5-6-32-4/h9-13,15,25H,5-8,21H2,1-4H3,(H2,20,26)(H,22,28)(H,23,27)(H,24,29)(H,30,31). The molecule has 184 valence electrons. The van der Waals surface area contributed by atoms with Crippen molar-refractivity contribution >= 4 is 41.4 Å². The summed E-state index contributed by atoms with van der Waals surface area (Å²) in [6, 6.07) is -5.03. The number of carboxylic acid groups (broad SMARTS) is 1. The van der Waals surface area contributed by atoms with Gasteiger partial charge in [-0.05, 0) is 37.7 Å². The summed E-state index contributed by atoms with van der Waals surface area (Å²) in [5.41, 5.74) is 10.8. The predicted octanol–water partition coefficient (Wildman–Crippen LogP) is -2.09. The van der Waals surface area contributed by atoms with Gasteiger partial charge in [-0.25, -0.2) is 4.79 Å². The van der Waals surface area contributed by atoms with Crippen molar-refractivity contribution in [2.75, 3.05) is 12.0 Å². The van der Waals surface area contributed by atoms with E-state index in [1.807, 2.05) is 0 Å². The lowest BCUT2D eigenvalue weighted by Crippen LogP contribution is -2.58. The average molecular weight is 478 g/mol. The third-order valence-electron chi connectivity index (χ3n) is 4.43. The van der Waals surface area contributed by atoms with Gasteiger partial charge in [0.05, 0.1) is 12.5 Å². The van der Waals surface area contributed by atoms with Crippen LogP contribution in [0.15, 0.2) is 0 Å². The van der Waals surface area contributed by atoms with E-state index in [9.17, 15) is 34.2 Å². The van der Waals surface area contributed by atoms with Crippen LogP contribution >= 0.6 is 11.8 Å². The van der Waals surface area contributed by atoms with Crippen molar-refractivity contribution in [2.45, 2.75) is 70.3 Å². The van der Waals surface area contributed by atoms with Crippen LogP contribution in [0, 0.1) is 5.92 Å². The molecule has 0 saturated carbocycles. The van der Waals surface area contributed by atoms with Gasteiger partial charge in [0.2, 0.25) is 23.6 Å². The third kappa shape index (κ3) is 11.3. The Morgan fingerprint density at radius 2 is 1.41 bits per heavy atom. The number of hydrogen-bond donors (Lipinski definition) is 7. The molecular weight excluding hydrogens is 442 g/mol. The highest BCUT2D eigenvalue weighted by molar-refractivity contribution is 7.98. The van der Waals surface area contributed by atoms with Gasteiger partial charge in [-0.15, -0.1) is 0 Å². The molecule has 0 saturated heterocycles. The van der Waals surface area contributed by atoms with Crippen molar-refractivity contribution < 1.29 is 34.2 Å². The number of rotatable bonds is 15. The van der Waals surface area contributed by atoms with Crippen LogP contribution in [0.25, 0.3) is 0 Å². The average Bonchev–Trinajstić information content (AvgIpc) is 2.67. The lowest BCUT2D eigenvalue weighted by molar-refractivity contribution is -0.142. The number of nitrogens with one attached hydrogen (secondary N) is 3. The first-order chi connectivity index (χ1) is 14.8. The maximum absolute atomic E-state index is 12.8. The van der Waals surface area contributed by atoms with Crippen LogP contribution in [-0.4, -0.2) is 82.1 Å². The van der Waals surface area contributed by atoms with Crippen LogP contribution in [0.1, 0.15) is 40.0 Å². The van der Waals surface area contributed by atoms with Crippen LogP contribution in [0.3, 0.4) is 0 Å². The highest BCUT2D eigenvalue weighted by Gasteiger charge is 2.32. The smallest absolute Gasteiger partial charge is 0.326 e. The Morgan fingerprint density at radius 1 is 0.906 bits per heavy atom. The topological polar surface area (TPSA) is 214 Å². The van der Waals surface area contributed by atoms with Crippen LogP contribution < -0.4 is 27.4 Å². The summed E-state index contributed by atoms with van der Waals surface area (Å²) in [4.78, 5) is 60.5. The number of amides is 4. The van der Waals surface area contributed by atoms with Crippen molar-refractivity contribution in [2.24, 2.45) is 17.4 Å². The molecule has 0 fully saturated rings. The van der Waals surface area contributed by atoms with E-state index in [1.54, 1.807) is 20.1 Å². The fraction of sp³-hybridized carbons (Fsp3) is 0.737. The molecule has 32 heavy (non-hydrogen) atoms. The summed E-state index contributed by atoms with van der Waals surface area (Å²) in [5.74, 6) is -4.14. The minimum atomic E-state index is -1.44. The first kappa shape index (κ1) is 29.6. The van der Waals surface area contributed by atoms with Crippen LogP contribution in [0.2, 0.25) is 0 Å². The van der Waals surface area contributed by atoms with Gasteiger partial charge < -0.3 is 37.6 Å². The Kier molecular flexibility index (Phi) is 13.5. The number of carbonyl (C=O) groups excluding carboxylic acids is 4. The van der Waals surface area contributed by atoms with Gasteiger partial charge in [0, 0.05) is 0 Å². The van der Waals surface area contributed by atoms with Gasteiger partial charge in [-0.1, -0.05) is 13.8 Å². The van der Waals surface area contributed by atoms with E-state index >= 15 is 0 Å². The SMILES string of the molecule is CSCCC(NC(=O)C(CC(N)=O)NC(=O)C(CC(C)C)NC(=O)C(N)C(C)O)C(=O)O. The number of aliphatic hydroxyl groups excluding tert-OH is 1. The lowest BCUT2D eigenvalue weighted by Gasteiger charge is -2.26. The maximum Gasteiger partial charge on any atom is 0.326 e. The maximum atomic E-state index is 12.8. The first-order valence-corrected chi connectivity index (χ1v) is 11.5. The molecule has 0 aliphatic carbocycles. The molecule has 0 aliphatic rings. The number of nitrogens with two attached hydrogens (primary N) is 2. The molecule has 0 bridgehead atoms. The second-order valence-corrected chi connectivity index (χ2v) is 8.86. The molecule has 0 radical (unpaired) electrons. The third-order valence-corrected chi connectivity index (χ3v) is 5.07. The van der Waals surface area contributed by atoms with E-state index in [1.165, 1.54) is 18.7 Å². The van der Waals surface area contributed by atoms with Crippen molar-refractivity contribution in [3.63, 3.8) is 0 Å². The van der Waals surface area contributed by atoms with E-state index in [-0.39, 0.29) is 18.8 Å². The normalized spacial score (nSPS) is 15.7.